The lowest BCUT2D eigenvalue weighted by atomic mass is 10.1. The minimum absolute atomic E-state index is 0.207. The van der Waals surface area contributed by atoms with E-state index < -0.39 is 11.2 Å². The molecule has 1 aromatic carbocycles. The SMILES string of the molecule is O=C(Cn1c(=O)[nH]c2c(-c3ccc(F)cc3)c[nH]c2c1=O)N1CCCC1. The number of nitrogens with one attached hydrogen (secondary N) is 2. The van der Waals surface area contributed by atoms with Crippen molar-refractivity contribution in [1.82, 2.24) is 19.4 Å². The van der Waals surface area contributed by atoms with Crippen LogP contribution in [0.25, 0.3) is 22.2 Å². The molecular formula is C18H17FN4O3. The van der Waals surface area contributed by atoms with Crippen LogP contribution in [-0.2, 0) is 11.3 Å². The topological polar surface area (TPSA) is 91.0 Å². The first-order valence-corrected chi connectivity index (χ1v) is 8.42. The van der Waals surface area contributed by atoms with Gasteiger partial charge in [0.15, 0.2) is 0 Å². The number of amides is 1. The largest absolute Gasteiger partial charge is 0.355 e. The Morgan fingerprint density at radius 3 is 2.46 bits per heavy atom. The highest BCUT2D eigenvalue weighted by Crippen LogP contribution is 2.25. The highest BCUT2D eigenvalue weighted by atomic mass is 19.1. The monoisotopic (exact) mass is 356 g/mol. The van der Waals surface area contributed by atoms with Crippen LogP contribution in [0.1, 0.15) is 12.8 Å². The molecule has 0 saturated carbocycles. The number of rotatable bonds is 3. The number of benzene rings is 1. The molecule has 8 heteroatoms. The van der Waals surface area contributed by atoms with Crippen molar-refractivity contribution in [3.63, 3.8) is 0 Å². The van der Waals surface area contributed by atoms with Crippen molar-refractivity contribution in [2.45, 2.75) is 19.4 Å². The van der Waals surface area contributed by atoms with Crippen LogP contribution in [0.15, 0.2) is 40.1 Å². The number of carbonyl (C=O) groups excluding carboxylic acids is 1. The molecule has 1 aliphatic heterocycles. The molecule has 1 amide bonds. The number of fused-ring (bicyclic) bond motifs is 1. The van der Waals surface area contributed by atoms with Crippen LogP contribution in [0, 0.1) is 5.82 Å². The predicted molar refractivity (Wildman–Crippen MR) is 94.4 cm³/mol. The van der Waals surface area contributed by atoms with Crippen molar-refractivity contribution < 1.29 is 9.18 Å². The standard InChI is InChI=1S/C18H17FN4O3/c19-12-5-3-11(4-6-12)13-9-20-16-15(13)21-18(26)23(17(16)25)10-14(24)22-7-1-2-8-22/h3-6,9,20H,1-2,7-8,10H2,(H,21,26). The number of nitrogens with zero attached hydrogens (tertiary/aromatic N) is 2. The molecule has 0 radical (unpaired) electrons. The number of aromatic amines is 2. The fourth-order valence-corrected chi connectivity index (χ4v) is 3.33. The quantitative estimate of drug-likeness (QED) is 0.744. The molecule has 26 heavy (non-hydrogen) atoms. The Labute approximate surface area is 147 Å². The average molecular weight is 356 g/mol. The first-order chi connectivity index (χ1) is 12.5. The lowest BCUT2D eigenvalue weighted by Crippen LogP contribution is -2.41. The summed E-state index contributed by atoms with van der Waals surface area (Å²) in [5.41, 5.74) is 0.614. The van der Waals surface area contributed by atoms with Gasteiger partial charge in [0.1, 0.15) is 17.9 Å². The molecule has 4 rings (SSSR count). The Hall–Kier alpha value is -3.16. The Bertz CT molecular complexity index is 1090. The van der Waals surface area contributed by atoms with E-state index in [0.29, 0.717) is 29.7 Å². The molecule has 0 atom stereocenters. The van der Waals surface area contributed by atoms with Gasteiger partial charge < -0.3 is 14.9 Å². The van der Waals surface area contributed by atoms with Crippen LogP contribution in [-0.4, -0.2) is 38.4 Å². The van der Waals surface area contributed by atoms with E-state index in [1.54, 1.807) is 23.2 Å². The number of H-pyrrole nitrogens is 2. The average Bonchev–Trinajstić information content (AvgIpc) is 3.29. The van der Waals surface area contributed by atoms with Gasteiger partial charge in [-0.2, -0.15) is 0 Å². The number of halogens is 1. The van der Waals surface area contributed by atoms with Gasteiger partial charge in [0.05, 0.1) is 5.52 Å². The third-order valence-electron chi connectivity index (χ3n) is 4.72. The van der Waals surface area contributed by atoms with Gasteiger partial charge in [-0.3, -0.25) is 9.59 Å². The normalized spacial score (nSPS) is 14.3. The Morgan fingerprint density at radius 2 is 1.77 bits per heavy atom. The van der Waals surface area contributed by atoms with E-state index in [-0.39, 0.29) is 23.8 Å². The Kier molecular flexibility index (Phi) is 3.95. The first kappa shape index (κ1) is 16.3. The molecule has 1 saturated heterocycles. The number of likely N-dealkylation sites (tertiary alicyclic amines) is 1. The number of aromatic nitrogens is 3. The maximum absolute atomic E-state index is 13.1. The molecule has 2 N–H and O–H groups in total. The van der Waals surface area contributed by atoms with Crippen molar-refractivity contribution in [2.24, 2.45) is 0 Å². The summed E-state index contributed by atoms with van der Waals surface area (Å²) in [7, 11) is 0. The summed E-state index contributed by atoms with van der Waals surface area (Å²) in [6.45, 7) is 1.03. The minimum Gasteiger partial charge on any atom is -0.355 e. The van der Waals surface area contributed by atoms with Gasteiger partial charge >= 0.3 is 5.69 Å². The van der Waals surface area contributed by atoms with Crippen molar-refractivity contribution >= 4 is 16.9 Å². The van der Waals surface area contributed by atoms with E-state index in [9.17, 15) is 18.8 Å². The molecule has 1 fully saturated rings. The zero-order chi connectivity index (χ0) is 18.3. The van der Waals surface area contributed by atoms with Gasteiger partial charge in [0.25, 0.3) is 5.56 Å². The molecule has 3 heterocycles. The summed E-state index contributed by atoms with van der Waals surface area (Å²) in [4.78, 5) is 44.6. The third kappa shape index (κ3) is 2.73. The number of hydrogen-bond acceptors (Lipinski definition) is 3. The van der Waals surface area contributed by atoms with Crippen LogP contribution in [0.5, 0.6) is 0 Å². The van der Waals surface area contributed by atoms with Crippen LogP contribution in [0.2, 0.25) is 0 Å². The molecule has 0 spiro atoms. The lowest BCUT2D eigenvalue weighted by Gasteiger charge is -2.15. The molecule has 2 aromatic heterocycles. The van der Waals surface area contributed by atoms with Crippen LogP contribution in [0.3, 0.4) is 0 Å². The van der Waals surface area contributed by atoms with Gasteiger partial charge in [0, 0.05) is 24.8 Å². The molecular weight excluding hydrogens is 339 g/mol. The summed E-state index contributed by atoms with van der Waals surface area (Å²) < 4.78 is 14.0. The molecule has 0 unspecified atom stereocenters. The third-order valence-corrected chi connectivity index (χ3v) is 4.72. The second kappa shape index (κ2) is 6.29. The van der Waals surface area contributed by atoms with Gasteiger partial charge in [-0.05, 0) is 30.5 Å². The van der Waals surface area contributed by atoms with E-state index in [4.69, 9.17) is 0 Å². The second-order valence-electron chi connectivity index (χ2n) is 6.37. The van der Waals surface area contributed by atoms with Gasteiger partial charge in [-0.25, -0.2) is 13.8 Å². The fraction of sp³-hybridized carbons (Fsp3) is 0.278. The summed E-state index contributed by atoms with van der Waals surface area (Å²) in [6.07, 6.45) is 3.46. The zero-order valence-electron chi connectivity index (χ0n) is 13.9. The molecule has 3 aromatic rings. The second-order valence-corrected chi connectivity index (χ2v) is 6.37. The van der Waals surface area contributed by atoms with Crippen molar-refractivity contribution in [1.29, 1.82) is 0 Å². The van der Waals surface area contributed by atoms with Gasteiger partial charge in [0.2, 0.25) is 5.91 Å². The first-order valence-electron chi connectivity index (χ1n) is 8.42. The van der Waals surface area contributed by atoms with E-state index in [1.165, 1.54) is 12.1 Å². The zero-order valence-corrected chi connectivity index (χ0v) is 13.9. The predicted octanol–water partition coefficient (Wildman–Crippen LogP) is 1.45. The van der Waals surface area contributed by atoms with Gasteiger partial charge in [-0.15, -0.1) is 0 Å². The smallest absolute Gasteiger partial charge is 0.329 e. The highest BCUT2D eigenvalue weighted by molar-refractivity contribution is 5.91. The highest BCUT2D eigenvalue weighted by Gasteiger charge is 2.21. The van der Waals surface area contributed by atoms with E-state index in [2.05, 4.69) is 9.97 Å². The molecule has 0 aliphatic carbocycles. The Balaban J connectivity index is 1.76. The summed E-state index contributed by atoms with van der Waals surface area (Å²) in [6, 6.07) is 5.75. The van der Waals surface area contributed by atoms with Crippen LogP contribution >= 0.6 is 0 Å². The Morgan fingerprint density at radius 1 is 1.08 bits per heavy atom. The molecule has 7 nitrogen and oxygen atoms in total. The number of hydrogen-bond donors (Lipinski definition) is 2. The summed E-state index contributed by atoms with van der Waals surface area (Å²) in [5, 5.41) is 0. The van der Waals surface area contributed by atoms with Crippen molar-refractivity contribution in [2.75, 3.05) is 13.1 Å². The molecule has 0 bridgehead atoms. The lowest BCUT2D eigenvalue weighted by molar-refractivity contribution is -0.130. The van der Waals surface area contributed by atoms with Gasteiger partial charge in [-0.1, -0.05) is 12.1 Å². The van der Waals surface area contributed by atoms with E-state index in [1.807, 2.05) is 0 Å². The van der Waals surface area contributed by atoms with Crippen LogP contribution < -0.4 is 11.2 Å². The maximum atomic E-state index is 13.1. The van der Waals surface area contributed by atoms with Crippen molar-refractivity contribution in [3.05, 3.63) is 57.1 Å². The maximum Gasteiger partial charge on any atom is 0.329 e. The molecule has 134 valence electrons. The summed E-state index contributed by atoms with van der Waals surface area (Å²) in [5.74, 6) is -0.607. The van der Waals surface area contributed by atoms with Crippen LogP contribution in [0.4, 0.5) is 4.39 Å². The van der Waals surface area contributed by atoms with E-state index in [0.717, 1.165) is 17.4 Å². The molecule has 1 aliphatic rings. The number of carbonyl (C=O) groups is 1. The van der Waals surface area contributed by atoms with E-state index >= 15 is 0 Å². The minimum atomic E-state index is -0.641. The summed E-state index contributed by atoms with van der Waals surface area (Å²) >= 11 is 0. The fourth-order valence-electron chi connectivity index (χ4n) is 3.33. The van der Waals surface area contributed by atoms with Crippen molar-refractivity contribution in [3.8, 4) is 11.1 Å².